The Labute approximate surface area is 129 Å². The number of nitrogens with one attached hydrogen (secondary N) is 2. The van der Waals surface area contributed by atoms with E-state index in [1.165, 1.54) is 4.57 Å². The van der Waals surface area contributed by atoms with Crippen LogP contribution < -0.4 is 10.6 Å². The van der Waals surface area contributed by atoms with Gasteiger partial charge in [0.25, 0.3) is 5.91 Å². The zero-order valence-electron chi connectivity index (χ0n) is 10.9. The summed E-state index contributed by atoms with van der Waals surface area (Å²) < 4.78 is 1.47. The minimum absolute atomic E-state index is 0.0428. The first-order valence-electron chi connectivity index (χ1n) is 6.10. The Hall–Kier alpha value is -1.92. The second-order valence-electron chi connectivity index (χ2n) is 5.17. The highest BCUT2D eigenvalue weighted by molar-refractivity contribution is 6.42. The molecule has 1 fully saturated rings. The predicted octanol–water partition coefficient (Wildman–Crippen LogP) is 2.25. The lowest BCUT2D eigenvalue weighted by atomic mass is 10.0. The van der Waals surface area contributed by atoms with Crippen molar-refractivity contribution in [3.8, 4) is 5.88 Å². The van der Waals surface area contributed by atoms with Crippen molar-refractivity contribution in [2.75, 3.05) is 0 Å². The third-order valence-corrected chi connectivity index (χ3v) is 4.23. The lowest BCUT2D eigenvalue weighted by Crippen LogP contribution is -2.47. The summed E-state index contributed by atoms with van der Waals surface area (Å²) in [5.74, 6) is -0.487. The minimum atomic E-state index is -1.13. The summed E-state index contributed by atoms with van der Waals surface area (Å²) in [5.41, 5.74) is -1.13. The van der Waals surface area contributed by atoms with Crippen LogP contribution in [0.2, 0.25) is 10.0 Å². The number of carbonyl (C=O) groups is 2. The molecule has 1 atom stereocenters. The van der Waals surface area contributed by atoms with Crippen LogP contribution in [0.5, 0.6) is 5.88 Å². The topological polar surface area (TPSA) is 83.4 Å². The molecule has 21 heavy (non-hydrogen) atoms. The molecule has 0 saturated carbocycles. The number of aromatic nitrogens is 1. The Kier molecular flexibility index (Phi) is 3.04. The summed E-state index contributed by atoms with van der Waals surface area (Å²) in [7, 11) is 0. The zero-order valence-corrected chi connectivity index (χ0v) is 12.4. The quantitative estimate of drug-likeness (QED) is 0.740. The summed E-state index contributed by atoms with van der Waals surface area (Å²) in [5, 5.41) is 16.9. The number of aromatic hydroxyl groups is 1. The largest absolute Gasteiger partial charge is 0.494 e. The number of carbonyl (C=O) groups excluding carboxylic acids is 2. The Morgan fingerprint density at radius 3 is 2.57 bits per heavy atom. The Balaban J connectivity index is 2.04. The van der Waals surface area contributed by atoms with Gasteiger partial charge in [0.15, 0.2) is 5.88 Å². The molecule has 0 bridgehead atoms. The second-order valence-corrected chi connectivity index (χ2v) is 5.99. The molecule has 0 aliphatic carbocycles. The molecular formula is C13H11Cl2N3O3. The van der Waals surface area contributed by atoms with Gasteiger partial charge < -0.3 is 15.0 Å². The highest BCUT2D eigenvalue weighted by Crippen LogP contribution is 2.34. The number of imide groups is 1. The number of hydrogen-bond acceptors (Lipinski definition) is 3. The SMILES string of the molecule is CC1(Cn2cc3cc(Cl)c(Cl)cc3c2O)NC(=O)NC1=O. The van der Waals surface area contributed by atoms with Gasteiger partial charge >= 0.3 is 6.03 Å². The molecule has 0 radical (unpaired) electrons. The molecule has 8 heteroatoms. The first-order chi connectivity index (χ1) is 9.80. The van der Waals surface area contributed by atoms with Crippen LogP contribution in [-0.4, -0.2) is 27.2 Å². The first kappa shape index (κ1) is 14.0. The van der Waals surface area contributed by atoms with Crippen molar-refractivity contribution in [3.05, 3.63) is 28.4 Å². The highest BCUT2D eigenvalue weighted by atomic mass is 35.5. The van der Waals surface area contributed by atoms with Gasteiger partial charge in [-0.1, -0.05) is 23.2 Å². The van der Waals surface area contributed by atoms with Crippen molar-refractivity contribution >= 4 is 45.9 Å². The van der Waals surface area contributed by atoms with E-state index in [4.69, 9.17) is 23.2 Å². The highest BCUT2D eigenvalue weighted by Gasteiger charge is 2.42. The van der Waals surface area contributed by atoms with Gasteiger partial charge in [-0.2, -0.15) is 0 Å². The molecule has 0 spiro atoms. The van der Waals surface area contributed by atoms with Gasteiger partial charge in [0, 0.05) is 17.0 Å². The van der Waals surface area contributed by atoms with Crippen LogP contribution in [0.1, 0.15) is 6.92 Å². The van der Waals surface area contributed by atoms with E-state index in [2.05, 4.69) is 10.6 Å². The lowest BCUT2D eigenvalue weighted by Gasteiger charge is -2.21. The van der Waals surface area contributed by atoms with Crippen LogP contribution in [0.25, 0.3) is 10.8 Å². The fourth-order valence-corrected chi connectivity index (χ4v) is 2.73. The average molecular weight is 328 g/mol. The Bertz CT molecular complexity index is 787. The van der Waals surface area contributed by atoms with E-state index in [0.29, 0.717) is 20.8 Å². The van der Waals surface area contributed by atoms with Gasteiger partial charge in [-0.3, -0.25) is 10.1 Å². The van der Waals surface area contributed by atoms with Crippen LogP contribution in [-0.2, 0) is 11.3 Å². The molecule has 1 unspecified atom stereocenters. The van der Waals surface area contributed by atoms with E-state index >= 15 is 0 Å². The molecule has 3 amide bonds. The molecule has 1 aromatic carbocycles. The van der Waals surface area contributed by atoms with Crippen molar-refractivity contribution in [1.29, 1.82) is 0 Å². The van der Waals surface area contributed by atoms with E-state index in [-0.39, 0.29) is 12.4 Å². The second kappa shape index (κ2) is 4.54. The van der Waals surface area contributed by atoms with Crippen molar-refractivity contribution in [2.45, 2.75) is 19.0 Å². The molecule has 3 rings (SSSR count). The monoisotopic (exact) mass is 327 g/mol. The smallest absolute Gasteiger partial charge is 0.322 e. The van der Waals surface area contributed by atoms with Crippen LogP contribution >= 0.6 is 23.2 Å². The molecule has 110 valence electrons. The maximum atomic E-state index is 11.8. The number of hydrogen-bond donors (Lipinski definition) is 3. The van der Waals surface area contributed by atoms with Crippen molar-refractivity contribution < 1.29 is 14.7 Å². The molecule has 1 aliphatic heterocycles. The predicted molar refractivity (Wildman–Crippen MR) is 78.7 cm³/mol. The van der Waals surface area contributed by atoms with Crippen molar-refractivity contribution in [1.82, 2.24) is 15.2 Å². The van der Waals surface area contributed by atoms with Crippen LogP contribution in [0, 0.1) is 0 Å². The van der Waals surface area contributed by atoms with Gasteiger partial charge in [-0.05, 0) is 19.1 Å². The standard InChI is InChI=1S/C13H11Cl2N3O3/c1-13(11(20)16-12(21)17-13)5-18-4-6-2-8(14)9(15)3-7(6)10(18)19/h2-4,19H,5H2,1H3,(H2,16,17,20,21). The van der Waals surface area contributed by atoms with Crippen LogP contribution in [0.4, 0.5) is 4.79 Å². The van der Waals surface area contributed by atoms with Gasteiger partial charge in [0.2, 0.25) is 0 Å². The summed E-state index contributed by atoms with van der Waals surface area (Å²) >= 11 is 11.9. The number of benzene rings is 1. The number of urea groups is 1. The van der Waals surface area contributed by atoms with E-state index < -0.39 is 17.5 Å². The van der Waals surface area contributed by atoms with Crippen molar-refractivity contribution in [3.63, 3.8) is 0 Å². The lowest BCUT2D eigenvalue weighted by molar-refractivity contribution is -0.123. The molecule has 6 nitrogen and oxygen atoms in total. The van der Waals surface area contributed by atoms with Gasteiger partial charge in [0.05, 0.1) is 16.6 Å². The maximum absolute atomic E-state index is 11.8. The van der Waals surface area contributed by atoms with E-state index in [0.717, 1.165) is 0 Å². The summed E-state index contributed by atoms with van der Waals surface area (Å²) in [6, 6.07) is 2.64. The van der Waals surface area contributed by atoms with Crippen molar-refractivity contribution in [2.24, 2.45) is 0 Å². The number of rotatable bonds is 2. The molecule has 1 aromatic heterocycles. The van der Waals surface area contributed by atoms with Gasteiger partial charge in [-0.15, -0.1) is 0 Å². The fourth-order valence-electron chi connectivity index (χ4n) is 2.40. The maximum Gasteiger partial charge on any atom is 0.322 e. The molecule has 1 aliphatic rings. The summed E-state index contributed by atoms with van der Waals surface area (Å²) in [6.45, 7) is 1.66. The van der Waals surface area contributed by atoms with E-state index in [1.54, 1.807) is 25.3 Å². The van der Waals surface area contributed by atoms with E-state index in [9.17, 15) is 14.7 Å². The van der Waals surface area contributed by atoms with Gasteiger partial charge in [-0.25, -0.2) is 4.79 Å². The molecule has 1 saturated heterocycles. The normalized spacial score (nSPS) is 21.7. The first-order valence-corrected chi connectivity index (χ1v) is 6.86. The van der Waals surface area contributed by atoms with Crippen LogP contribution in [0.3, 0.4) is 0 Å². The fraction of sp³-hybridized carbons (Fsp3) is 0.231. The zero-order chi connectivity index (χ0) is 15.4. The number of nitrogens with zero attached hydrogens (tertiary/aromatic N) is 1. The molecule has 3 N–H and O–H groups in total. The van der Waals surface area contributed by atoms with Gasteiger partial charge in [0.1, 0.15) is 5.54 Å². The molecule has 2 heterocycles. The Morgan fingerprint density at radius 2 is 1.95 bits per heavy atom. The molecule has 2 aromatic rings. The third kappa shape index (κ3) is 2.20. The minimum Gasteiger partial charge on any atom is -0.494 e. The summed E-state index contributed by atoms with van der Waals surface area (Å²) in [4.78, 5) is 23.1. The molecular weight excluding hydrogens is 317 g/mol. The summed E-state index contributed by atoms with van der Waals surface area (Å²) in [6.07, 6.45) is 1.65. The third-order valence-electron chi connectivity index (χ3n) is 3.50. The number of amides is 3. The van der Waals surface area contributed by atoms with E-state index in [1.807, 2.05) is 0 Å². The number of fused-ring (bicyclic) bond motifs is 1. The average Bonchev–Trinajstić information content (AvgIpc) is 2.80. The number of halogens is 2. The Morgan fingerprint density at radius 1 is 1.29 bits per heavy atom. The van der Waals surface area contributed by atoms with Crippen LogP contribution in [0.15, 0.2) is 18.3 Å².